The fraction of sp³-hybridized carbons (Fsp3) is 0.273. The van der Waals surface area contributed by atoms with Gasteiger partial charge in [0.2, 0.25) is 0 Å². The van der Waals surface area contributed by atoms with E-state index in [4.69, 9.17) is 5.73 Å². The lowest BCUT2D eigenvalue weighted by Crippen LogP contribution is -2.07. The lowest BCUT2D eigenvalue weighted by Gasteiger charge is -2.08. The van der Waals surface area contributed by atoms with Gasteiger partial charge in [0.15, 0.2) is 0 Å². The molecule has 2 rings (SSSR count). The Kier molecular flexibility index (Phi) is 3.98. The Balaban J connectivity index is 1.78. The monoisotopic (exact) mass is 295 g/mol. The van der Waals surface area contributed by atoms with Crippen LogP contribution in [0.2, 0.25) is 0 Å². The summed E-state index contributed by atoms with van der Waals surface area (Å²) in [6, 6.07) is 5.74. The van der Waals surface area contributed by atoms with Gasteiger partial charge in [0.1, 0.15) is 0 Å². The summed E-state index contributed by atoms with van der Waals surface area (Å²) in [5.74, 6) is 0. The van der Waals surface area contributed by atoms with Crippen molar-refractivity contribution in [1.82, 2.24) is 15.0 Å². The van der Waals surface area contributed by atoms with Gasteiger partial charge in [0.05, 0.1) is 6.20 Å². The first-order chi connectivity index (χ1) is 8.25. The molecule has 17 heavy (non-hydrogen) atoms. The van der Waals surface area contributed by atoms with Gasteiger partial charge in [-0.2, -0.15) is 0 Å². The van der Waals surface area contributed by atoms with Gasteiger partial charge in [-0.25, -0.2) is 0 Å². The van der Waals surface area contributed by atoms with Crippen molar-refractivity contribution >= 4 is 27.3 Å². The van der Waals surface area contributed by atoms with Crippen molar-refractivity contribution in [1.29, 1.82) is 0 Å². The molecule has 6 heteroatoms. The van der Waals surface area contributed by atoms with Crippen molar-refractivity contribution in [2.45, 2.75) is 13.0 Å². The predicted octanol–water partition coefficient (Wildman–Crippen LogP) is 2.12. The van der Waals surface area contributed by atoms with E-state index in [1.165, 1.54) is 0 Å². The van der Waals surface area contributed by atoms with E-state index in [1.54, 1.807) is 6.20 Å². The summed E-state index contributed by atoms with van der Waals surface area (Å²) in [5, 5.41) is 11.0. The van der Waals surface area contributed by atoms with Crippen LogP contribution in [0.1, 0.15) is 6.42 Å². The van der Waals surface area contributed by atoms with Crippen LogP contribution in [-0.4, -0.2) is 21.5 Å². The second kappa shape index (κ2) is 5.67. The van der Waals surface area contributed by atoms with E-state index in [-0.39, 0.29) is 0 Å². The Bertz CT molecular complexity index is 469. The number of nitrogens with one attached hydrogen (secondary N) is 1. The molecule has 0 radical (unpaired) electrons. The molecule has 0 aliphatic rings. The van der Waals surface area contributed by atoms with Gasteiger partial charge in [-0.15, -0.1) is 5.10 Å². The number of halogens is 1. The molecule has 0 fully saturated rings. The maximum Gasteiger partial charge on any atom is 0.0692 e. The molecule has 0 aliphatic heterocycles. The number of rotatable bonds is 5. The molecule has 0 bridgehead atoms. The van der Waals surface area contributed by atoms with Crippen molar-refractivity contribution < 1.29 is 0 Å². The number of benzene rings is 1. The lowest BCUT2D eigenvalue weighted by molar-refractivity contribution is 0.570. The summed E-state index contributed by atoms with van der Waals surface area (Å²) in [6.45, 7) is 1.74. The maximum atomic E-state index is 5.67. The second-order valence-electron chi connectivity index (χ2n) is 3.69. The minimum absolute atomic E-state index is 0.755. The molecule has 3 N–H and O–H groups in total. The zero-order chi connectivity index (χ0) is 12.1. The summed E-state index contributed by atoms with van der Waals surface area (Å²) in [7, 11) is 0. The van der Waals surface area contributed by atoms with Crippen LogP contribution >= 0.6 is 15.9 Å². The molecule has 1 heterocycles. The predicted molar refractivity (Wildman–Crippen MR) is 71.7 cm³/mol. The molecule has 1 aromatic carbocycles. The third-order valence-corrected chi connectivity index (χ3v) is 3.00. The van der Waals surface area contributed by atoms with Crippen LogP contribution in [0.3, 0.4) is 0 Å². The van der Waals surface area contributed by atoms with E-state index >= 15 is 0 Å². The molecule has 0 spiro atoms. The number of nitrogen functional groups attached to an aromatic ring is 1. The minimum atomic E-state index is 0.755. The molecule has 0 atom stereocenters. The summed E-state index contributed by atoms with van der Waals surface area (Å²) in [6.07, 6.45) is 4.53. The normalized spacial score (nSPS) is 10.4. The summed E-state index contributed by atoms with van der Waals surface area (Å²) in [5.41, 5.74) is 7.48. The molecule has 0 unspecified atom stereocenters. The van der Waals surface area contributed by atoms with Crippen molar-refractivity contribution in [3.63, 3.8) is 0 Å². The topological polar surface area (TPSA) is 68.8 Å². The van der Waals surface area contributed by atoms with E-state index < -0.39 is 0 Å². The number of anilines is 2. The van der Waals surface area contributed by atoms with Gasteiger partial charge in [0, 0.05) is 35.1 Å². The molecule has 0 amide bonds. The maximum absolute atomic E-state index is 5.67. The van der Waals surface area contributed by atoms with Crippen LogP contribution in [0.5, 0.6) is 0 Å². The number of aryl methyl sites for hydroxylation is 1. The van der Waals surface area contributed by atoms with E-state index in [2.05, 4.69) is 31.6 Å². The van der Waals surface area contributed by atoms with Gasteiger partial charge in [0.25, 0.3) is 0 Å². The molecule has 0 saturated carbocycles. The number of hydrogen-bond donors (Lipinski definition) is 2. The van der Waals surface area contributed by atoms with Crippen LogP contribution in [0, 0.1) is 0 Å². The Hall–Kier alpha value is -1.56. The molecule has 1 aromatic heterocycles. The van der Waals surface area contributed by atoms with Crippen molar-refractivity contribution in [3.8, 4) is 0 Å². The molecule has 2 aromatic rings. The van der Waals surface area contributed by atoms with Gasteiger partial charge in [-0.1, -0.05) is 5.21 Å². The molecule has 0 saturated heterocycles. The smallest absolute Gasteiger partial charge is 0.0692 e. The second-order valence-corrected chi connectivity index (χ2v) is 4.54. The summed E-state index contributed by atoms with van der Waals surface area (Å²) in [4.78, 5) is 0. The van der Waals surface area contributed by atoms with Crippen LogP contribution in [0.15, 0.2) is 35.1 Å². The Morgan fingerprint density at radius 1 is 1.41 bits per heavy atom. The highest BCUT2D eigenvalue weighted by Crippen LogP contribution is 2.24. The fourth-order valence-corrected chi connectivity index (χ4v) is 2.03. The van der Waals surface area contributed by atoms with Gasteiger partial charge in [-0.3, -0.25) is 4.68 Å². The first kappa shape index (κ1) is 11.9. The Morgan fingerprint density at radius 3 is 3.00 bits per heavy atom. The van der Waals surface area contributed by atoms with Crippen molar-refractivity contribution in [3.05, 3.63) is 35.1 Å². The zero-order valence-electron chi connectivity index (χ0n) is 9.31. The highest BCUT2D eigenvalue weighted by molar-refractivity contribution is 9.10. The van der Waals surface area contributed by atoms with Crippen LogP contribution in [-0.2, 0) is 6.54 Å². The number of nitrogens with two attached hydrogens (primary N) is 1. The highest BCUT2D eigenvalue weighted by atomic mass is 79.9. The third kappa shape index (κ3) is 3.45. The van der Waals surface area contributed by atoms with Crippen LogP contribution in [0.25, 0.3) is 0 Å². The summed E-state index contributed by atoms with van der Waals surface area (Å²) >= 11 is 3.47. The minimum Gasteiger partial charge on any atom is -0.399 e. The van der Waals surface area contributed by atoms with Crippen LogP contribution < -0.4 is 11.1 Å². The Morgan fingerprint density at radius 2 is 2.29 bits per heavy atom. The zero-order valence-corrected chi connectivity index (χ0v) is 10.9. The molecular weight excluding hydrogens is 282 g/mol. The van der Waals surface area contributed by atoms with E-state index in [1.807, 2.05) is 29.1 Å². The quantitative estimate of drug-likeness (QED) is 0.655. The summed E-state index contributed by atoms with van der Waals surface area (Å²) < 4.78 is 2.80. The first-order valence-electron chi connectivity index (χ1n) is 5.39. The highest BCUT2D eigenvalue weighted by Gasteiger charge is 1.99. The third-order valence-electron chi connectivity index (χ3n) is 2.34. The first-order valence-corrected chi connectivity index (χ1v) is 6.18. The standard InChI is InChI=1S/C11H14BrN5/c12-10-8-9(13)2-3-11(10)14-4-1-6-17-7-5-15-16-17/h2-3,5,7-8,14H,1,4,6,13H2. The van der Waals surface area contributed by atoms with Crippen molar-refractivity contribution in [2.75, 3.05) is 17.6 Å². The number of hydrogen-bond acceptors (Lipinski definition) is 4. The van der Waals surface area contributed by atoms with Gasteiger partial charge >= 0.3 is 0 Å². The average molecular weight is 296 g/mol. The van der Waals surface area contributed by atoms with Gasteiger partial charge < -0.3 is 11.1 Å². The van der Waals surface area contributed by atoms with E-state index in [0.717, 1.165) is 35.4 Å². The van der Waals surface area contributed by atoms with Crippen LogP contribution in [0.4, 0.5) is 11.4 Å². The Labute approximate surface area is 108 Å². The van der Waals surface area contributed by atoms with Crippen molar-refractivity contribution in [2.24, 2.45) is 0 Å². The number of aromatic nitrogens is 3. The molecule has 90 valence electrons. The van der Waals surface area contributed by atoms with E-state index in [0.29, 0.717) is 0 Å². The molecule has 0 aliphatic carbocycles. The SMILES string of the molecule is Nc1ccc(NCCCn2ccnn2)c(Br)c1. The van der Waals surface area contributed by atoms with E-state index in [9.17, 15) is 0 Å². The molecule has 5 nitrogen and oxygen atoms in total. The van der Waals surface area contributed by atoms with Gasteiger partial charge in [-0.05, 0) is 40.5 Å². The largest absolute Gasteiger partial charge is 0.399 e. The number of nitrogens with zero attached hydrogens (tertiary/aromatic N) is 3. The molecular formula is C11H14BrN5. The lowest BCUT2D eigenvalue weighted by atomic mass is 10.3. The fourth-order valence-electron chi connectivity index (χ4n) is 1.49. The average Bonchev–Trinajstić information content (AvgIpc) is 2.79.